The molecule has 1 heterocycles. The number of ether oxygens (including phenoxy) is 1. The van der Waals surface area contributed by atoms with E-state index in [1.165, 1.54) is 13.2 Å². The second-order valence-corrected chi connectivity index (χ2v) is 4.30. The molecule has 0 amide bonds. The SMILES string of the molecule is CCNCCCc1nnc(-c2ccc(OC)cc2F)o1. The molecule has 6 heteroatoms. The van der Waals surface area contributed by atoms with E-state index in [2.05, 4.69) is 22.4 Å². The van der Waals surface area contributed by atoms with E-state index in [9.17, 15) is 4.39 Å². The van der Waals surface area contributed by atoms with Gasteiger partial charge in [-0.2, -0.15) is 0 Å². The number of hydrogen-bond acceptors (Lipinski definition) is 5. The van der Waals surface area contributed by atoms with E-state index in [0.717, 1.165) is 19.5 Å². The van der Waals surface area contributed by atoms with Gasteiger partial charge in [-0.1, -0.05) is 6.92 Å². The van der Waals surface area contributed by atoms with E-state index in [1.807, 2.05) is 0 Å². The molecule has 0 spiro atoms. The Kier molecular flexibility index (Phi) is 5.06. The summed E-state index contributed by atoms with van der Waals surface area (Å²) in [4.78, 5) is 0. The number of nitrogens with one attached hydrogen (secondary N) is 1. The zero-order valence-electron chi connectivity index (χ0n) is 11.6. The number of aromatic nitrogens is 2. The molecule has 0 aliphatic heterocycles. The van der Waals surface area contributed by atoms with Crippen molar-refractivity contribution in [1.29, 1.82) is 0 Å². The van der Waals surface area contributed by atoms with Crippen molar-refractivity contribution in [3.63, 3.8) is 0 Å². The number of hydrogen-bond donors (Lipinski definition) is 1. The molecular formula is C14H18FN3O2. The van der Waals surface area contributed by atoms with Crippen LogP contribution in [0.2, 0.25) is 0 Å². The number of benzene rings is 1. The maximum absolute atomic E-state index is 13.9. The molecule has 0 aliphatic carbocycles. The Morgan fingerprint density at radius 3 is 2.90 bits per heavy atom. The fourth-order valence-corrected chi connectivity index (χ4v) is 1.80. The van der Waals surface area contributed by atoms with E-state index in [1.54, 1.807) is 12.1 Å². The third kappa shape index (κ3) is 3.54. The molecule has 0 bridgehead atoms. The van der Waals surface area contributed by atoms with Crippen molar-refractivity contribution in [3.05, 3.63) is 29.9 Å². The first-order chi connectivity index (χ1) is 9.74. The smallest absolute Gasteiger partial charge is 0.250 e. The summed E-state index contributed by atoms with van der Waals surface area (Å²) < 4.78 is 24.3. The maximum atomic E-state index is 13.9. The molecule has 0 atom stereocenters. The van der Waals surface area contributed by atoms with Crippen molar-refractivity contribution in [2.75, 3.05) is 20.2 Å². The van der Waals surface area contributed by atoms with Crippen LogP contribution in [0.1, 0.15) is 19.2 Å². The Bertz CT molecular complexity index is 557. The van der Waals surface area contributed by atoms with Gasteiger partial charge < -0.3 is 14.5 Å². The number of rotatable bonds is 7. The lowest BCUT2D eigenvalue weighted by Crippen LogP contribution is -2.14. The second-order valence-electron chi connectivity index (χ2n) is 4.30. The summed E-state index contributed by atoms with van der Waals surface area (Å²) in [6.45, 7) is 3.88. The highest BCUT2D eigenvalue weighted by Gasteiger charge is 2.13. The first-order valence-corrected chi connectivity index (χ1v) is 6.61. The normalized spacial score (nSPS) is 10.8. The lowest BCUT2D eigenvalue weighted by molar-refractivity contribution is 0.411. The molecule has 5 nitrogen and oxygen atoms in total. The number of halogens is 1. The number of nitrogens with zero attached hydrogens (tertiary/aromatic N) is 2. The molecule has 1 aromatic carbocycles. The van der Waals surface area contributed by atoms with E-state index in [4.69, 9.17) is 9.15 Å². The minimum atomic E-state index is -0.438. The van der Waals surface area contributed by atoms with Crippen molar-refractivity contribution in [2.24, 2.45) is 0 Å². The fraction of sp³-hybridized carbons (Fsp3) is 0.429. The van der Waals surface area contributed by atoms with Gasteiger partial charge in [-0.15, -0.1) is 10.2 Å². The minimum Gasteiger partial charge on any atom is -0.497 e. The van der Waals surface area contributed by atoms with E-state index in [-0.39, 0.29) is 11.5 Å². The summed E-state index contributed by atoms with van der Waals surface area (Å²) in [6, 6.07) is 4.53. The lowest BCUT2D eigenvalue weighted by Gasteiger charge is -2.01. The van der Waals surface area contributed by atoms with Gasteiger partial charge in [0.25, 0.3) is 5.89 Å². The molecule has 1 N–H and O–H groups in total. The summed E-state index contributed by atoms with van der Waals surface area (Å²) in [7, 11) is 1.49. The Labute approximate surface area is 117 Å². The summed E-state index contributed by atoms with van der Waals surface area (Å²) in [6.07, 6.45) is 1.58. The van der Waals surface area contributed by atoms with Gasteiger partial charge in [0.05, 0.1) is 12.7 Å². The van der Waals surface area contributed by atoms with Crippen LogP contribution in [0.4, 0.5) is 4.39 Å². The Hall–Kier alpha value is -1.95. The molecule has 2 rings (SSSR count). The molecule has 0 saturated heterocycles. The van der Waals surface area contributed by atoms with Crippen molar-refractivity contribution in [1.82, 2.24) is 15.5 Å². The summed E-state index contributed by atoms with van der Waals surface area (Å²) in [5.41, 5.74) is 0.288. The third-order valence-electron chi connectivity index (χ3n) is 2.87. The van der Waals surface area contributed by atoms with Crippen LogP contribution in [0.5, 0.6) is 5.75 Å². The minimum absolute atomic E-state index is 0.198. The quantitative estimate of drug-likeness (QED) is 0.789. The molecule has 1 aromatic heterocycles. The topological polar surface area (TPSA) is 60.2 Å². The van der Waals surface area contributed by atoms with Crippen molar-refractivity contribution < 1.29 is 13.5 Å². The highest BCUT2D eigenvalue weighted by atomic mass is 19.1. The lowest BCUT2D eigenvalue weighted by atomic mass is 10.2. The molecule has 20 heavy (non-hydrogen) atoms. The van der Waals surface area contributed by atoms with Gasteiger partial charge in [-0.25, -0.2) is 4.39 Å². The molecule has 0 aliphatic rings. The van der Waals surface area contributed by atoms with Crippen LogP contribution in [0, 0.1) is 5.82 Å². The molecule has 0 saturated carbocycles. The summed E-state index contributed by atoms with van der Waals surface area (Å²) >= 11 is 0. The maximum Gasteiger partial charge on any atom is 0.250 e. The fourth-order valence-electron chi connectivity index (χ4n) is 1.80. The molecule has 0 unspecified atom stereocenters. The van der Waals surface area contributed by atoms with Crippen molar-refractivity contribution >= 4 is 0 Å². The Morgan fingerprint density at radius 2 is 2.20 bits per heavy atom. The average molecular weight is 279 g/mol. The predicted molar refractivity (Wildman–Crippen MR) is 73.1 cm³/mol. The molecule has 0 fully saturated rings. The van der Waals surface area contributed by atoms with E-state index in [0.29, 0.717) is 18.1 Å². The van der Waals surface area contributed by atoms with Crippen LogP contribution >= 0.6 is 0 Å². The van der Waals surface area contributed by atoms with Gasteiger partial charge in [-0.05, 0) is 31.6 Å². The van der Waals surface area contributed by atoms with Crippen LogP contribution in [-0.2, 0) is 6.42 Å². The number of aryl methyl sites for hydroxylation is 1. The van der Waals surface area contributed by atoms with E-state index < -0.39 is 5.82 Å². The second kappa shape index (κ2) is 7.00. The van der Waals surface area contributed by atoms with Gasteiger partial charge in [0, 0.05) is 12.5 Å². The Balaban J connectivity index is 2.04. The zero-order chi connectivity index (χ0) is 14.4. The predicted octanol–water partition coefficient (Wildman–Crippen LogP) is 2.43. The monoisotopic (exact) mass is 279 g/mol. The summed E-state index contributed by atoms with van der Waals surface area (Å²) in [5.74, 6) is 0.737. The third-order valence-corrected chi connectivity index (χ3v) is 2.87. The molecule has 108 valence electrons. The standard InChI is InChI=1S/C14H18FN3O2/c1-3-16-8-4-5-13-17-18-14(20-13)11-7-6-10(19-2)9-12(11)15/h6-7,9,16H,3-5,8H2,1-2H3. The largest absolute Gasteiger partial charge is 0.497 e. The van der Waals surface area contributed by atoms with Gasteiger partial charge in [0.2, 0.25) is 5.89 Å². The van der Waals surface area contributed by atoms with Gasteiger partial charge in [0.1, 0.15) is 11.6 Å². The van der Waals surface area contributed by atoms with Crippen LogP contribution in [0.15, 0.2) is 22.6 Å². The van der Waals surface area contributed by atoms with E-state index >= 15 is 0 Å². The van der Waals surface area contributed by atoms with Crippen molar-refractivity contribution in [3.8, 4) is 17.2 Å². The van der Waals surface area contributed by atoms with Crippen LogP contribution in [0.3, 0.4) is 0 Å². The first kappa shape index (κ1) is 14.5. The highest BCUT2D eigenvalue weighted by Crippen LogP contribution is 2.25. The number of methoxy groups -OCH3 is 1. The van der Waals surface area contributed by atoms with Gasteiger partial charge in [-0.3, -0.25) is 0 Å². The van der Waals surface area contributed by atoms with Crippen LogP contribution in [0.25, 0.3) is 11.5 Å². The summed E-state index contributed by atoms with van der Waals surface area (Å²) in [5, 5.41) is 11.0. The Morgan fingerprint density at radius 1 is 1.35 bits per heavy atom. The molecule has 2 aromatic rings. The zero-order valence-corrected chi connectivity index (χ0v) is 11.6. The molecule has 0 radical (unpaired) electrons. The highest BCUT2D eigenvalue weighted by molar-refractivity contribution is 5.55. The van der Waals surface area contributed by atoms with Crippen LogP contribution < -0.4 is 10.1 Å². The van der Waals surface area contributed by atoms with Gasteiger partial charge >= 0.3 is 0 Å². The van der Waals surface area contributed by atoms with Crippen LogP contribution in [-0.4, -0.2) is 30.4 Å². The van der Waals surface area contributed by atoms with Crippen molar-refractivity contribution in [2.45, 2.75) is 19.8 Å². The molecular weight excluding hydrogens is 261 g/mol. The van der Waals surface area contributed by atoms with Gasteiger partial charge in [0.15, 0.2) is 0 Å². The first-order valence-electron chi connectivity index (χ1n) is 6.61. The average Bonchev–Trinajstić information content (AvgIpc) is 2.92.